The Kier molecular flexibility index (Phi) is 1.88. The first-order chi connectivity index (χ1) is 2.56. The zero-order valence-corrected chi connectivity index (χ0v) is 4.30. The average Bonchev–Trinajstić information content (AvgIpc) is 1.35. The fraction of sp³-hybridized carbons (Fsp3) is 0.333. The SMILES string of the molecule is [CH]=CC(F)(Cl)Cl. The molecule has 3 heteroatoms. The molecule has 0 amide bonds. The van der Waals surface area contributed by atoms with Gasteiger partial charge in [-0.2, -0.15) is 0 Å². The van der Waals surface area contributed by atoms with Crippen LogP contribution < -0.4 is 0 Å². The summed E-state index contributed by atoms with van der Waals surface area (Å²) in [7, 11) is 0. The van der Waals surface area contributed by atoms with Crippen molar-refractivity contribution < 1.29 is 4.39 Å². The van der Waals surface area contributed by atoms with E-state index in [4.69, 9.17) is 0 Å². The van der Waals surface area contributed by atoms with Gasteiger partial charge in [0, 0.05) is 0 Å². The molecule has 0 nitrogen and oxygen atoms in total. The number of halogens is 3. The van der Waals surface area contributed by atoms with E-state index in [-0.39, 0.29) is 0 Å². The molecule has 0 atom stereocenters. The molecular formula is C3H2Cl2F. The van der Waals surface area contributed by atoms with Gasteiger partial charge in [0.1, 0.15) is 0 Å². The van der Waals surface area contributed by atoms with Crippen LogP contribution in [0, 0.1) is 6.58 Å². The van der Waals surface area contributed by atoms with Crippen molar-refractivity contribution in [2.24, 2.45) is 0 Å². The molecule has 0 aliphatic carbocycles. The predicted molar refractivity (Wildman–Crippen MR) is 24.4 cm³/mol. The first-order valence-corrected chi connectivity index (χ1v) is 1.94. The van der Waals surface area contributed by atoms with Gasteiger partial charge in [-0.05, 0) is 6.08 Å². The lowest BCUT2D eigenvalue weighted by atomic mass is 10.7. The van der Waals surface area contributed by atoms with Gasteiger partial charge < -0.3 is 0 Å². The van der Waals surface area contributed by atoms with Gasteiger partial charge in [0.15, 0.2) is 0 Å². The Morgan fingerprint density at radius 2 is 1.83 bits per heavy atom. The summed E-state index contributed by atoms with van der Waals surface area (Å²) >= 11 is 9.27. The molecule has 0 fully saturated rings. The Morgan fingerprint density at radius 3 is 1.83 bits per heavy atom. The minimum absolute atomic E-state index is 0.552. The van der Waals surface area contributed by atoms with Crippen molar-refractivity contribution in [3.05, 3.63) is 12.7 Å². The summed E-state index contributed by atoms with van der Waals surface area (Å²) in [5.74, 6) is 0. The zero-order valence-electron chi connectivity index (χ0n) is 2.79. The van der Waals surface area contributed by atoms with Crippen LogP contribution in [0.1, 0.15) is 0 Å². The highest BCUT2D eigenvalue weighted by atomic mass is 35.5. The monoisotopic (exact) mass is 127 g/mol. The molecule has 35 valence electrons. The maximum atomic E-state index is 11.5. The van der Waals surface area contributed by atoms with E-state index in [1.165, 1.54) is 0 Å². The summed E-state index contributed by atoms with van der Waals surface area (Å²) in [6.45, 7) is 4.54. The number of rotatable bonds is 1. The summed E-state index contributed by atoms with van der Waals surface area (Å²) in [6.07, 6.45) is 0.552. The fourth-order valence-corrected chi connectivity index (χ4v) is 0. The second-order valence-electron chi connectivity index (χ2n) is 0.708. The number of alkyl halides is 3. The standard InChI is InChI=1S/C3H2Cl2F/c1-2-3(4,5)6/h1-2H. The molecule has 0 aliphatic heterocycles. The summed E-state index contributed by atoms with van der Waals surface area (Å²) in [4.78, 5) is 0. The molecule has 0 unspecified atom stereocenters. The van der Waals surface area contributed by atoms with Crippen LogP contribution >= 0.6 is 23.2 Å². The van der Waals surface area contributed by atoms with Crippen molar-refractivity contribution in [3.63, 3.8) is 0 Å². The Morgan fingerprint density at radius 1 is 1.67 bits per heavy atom. The lowest BCUT2D eigenvalue weighted by molar-refractivity contribution is 0.463. The van der Waals surface area contributed by atoms with E-state index >= 15 is 0 Å². The maximum absolute atomic E-state index is 11.5. The Hall–Kier alpha value is 0.250. The van der Waals surface area contributed by atoms with E-state index in [9.17, 15) is 4.39 Å². The lowest BCUT2D eigenvalue weighted by Crippen LogP contribution is -1.93. The normalized spacial score (nSPS) is 11.2. The van der Waals surface area contributed by atoms with Gasteiger partial charge in [0.25, 0.3) is 4.59 Å². The van der Waals surface area contributed by atoms with Crippen LogP contribution in [0.25, 0.3) is 0 Å². The summed E-state index contributed by atoms with van der Waals surface area (Å²) < 4.78 is 9.11. The molecule has 0 saturated carbocycles. The third kappa shape index (κ3) is 4.25. The van der Waals surface area contributed by atoms with Gasteiger partial charge in [-0.15, -0.1) is 0 Å². The van der Waals surface area contributed by atoms with Gasteiger partial charge >= 0.3 is 0 Å². The molecule has 1 radical (unpaired) electrons. The van der Waals surface area contributed by atoms with E-state index in [0.717, 1.165) is 0 Å². The lowest BCUT2D eigenvalue weighted by Gasteiger charge is -1.95. The highest BCUT2D eigenvalue weighted by Crippen LogP contribution is 2.22. The van der Waals surface area contributed by atoms with Crippen LogP contribution in [0.2, 0.25) is 0 Å². The fourth-order valence-electron chi connectivity index (χ4n) is 0. The molecule has 0 aromatic rings. The van der Waals surface area contributed by atoms with Crippen molar-refractivity contribution >= 4 is 23.2 Å². The summed E-state index contributed by atoms with van der Waals surface area (Å²) in [6, 6.07) is 0. The highest BCUT2D eigenvalue weighted by Gasteiger charge is 2.14. The smallest absolute Gasteiger partial charge is 0.203 e. The van der Waals surface area contributed by atoms with E-state index in [1.807, 2.05) is 0 Å². The maximum Gasteiger partial charge on any atom is 0.276 e. The quantitative estimate of drug-likeness (QED) is 0.474. The molecule has 0 rings (SSSR count). The van der Waals surface area contributed by atoms with Crippen LogP contribution in [-0.2, 0) is 0 Å². The molecule has 6 heavy (non-hydrogen) atoms. The highest BCUT2D eigenvalue weighted by molar-refractivity contribution is 6.48. The first kappa shape index (κ1) is 6.25. The average molecular weight is 128 g/mol. The minimum Gasteiger partial charge on any atom is -0.203 e. The second kappa shape index (κ2) is 1.80. The van der Waals surface area contributed by atoms with Crippen molar-refractivity contribution in [2.45, 2.75) is 4.59 Å². The van der Waals surface area contributed by atoms with Crippen LogP contribution in [-0.4, -0.2) is 4.59 Å². The topological polar surface area (TPSA) is 0 Å². The Labute approximate surface area is 45.6 Å². The number of hydrogen-bond acceptors (Lipinski definition) is 0. The molecular weight excluding hydrogens is 126 g/mol. The van der Waals surface area contributed by atoms with Gasteiger partial charge in [0.05, 0.1) is 0 Å². The van der Waals surface area contributed by atoms with Crippen LogP contribution in [0.15, 0.2) is 6.08 Å². The predicted octanol–water partition coefficient (Wildman–Crippen LogP) is 2.08. The third-order valence-electron chi connectivity index (χ3n) is 0.189. The van der Waals surface area contributed by atoms with E-state index in [0.29, 0.717) is 6.08 Å². The second-order valence-corrected chi connectivity index (χ2v) is 2.00. The molecule has 0 saturated heterocycles. The van der Waals surface area contributed by atoms with Crippen molar-refractivity contribution in [3.8, 4) is 0 Å². The van der Waals surface area contributed by atoms with E-state index in [2.05, 4.69) is 29.8 Å². The van der Waals surface area contributed by atoms with Gasteiger partial charge in [-0.3, -0.25) is 0 Å². The number of allylic oxidation sites excluding steroid dienone is 1. The molecule has 0 heterocycles. The summed E-state index contributed by atoms with van der Waals surface area (Å²) in [5, 5.41) is 0. The first-order valence-electron chi connectivity index (χ1n) is 1.19. The minimum atomic E-state index is -2.36. The molecule has 0 N–H and O–H groups in total. The van der Waals surface area contributed by atoms with Crippen molar-refractivity contribution in [1.82, 2.24) is 0 Å². The largest absolute Gasteiger partial charge is 0.276 e. The molecule has 0 spiro atoms. The Balaban J connectivity index is 3.45. The van der Waals surface area contributed by atoms with Gasteiger partial charge in [-0.1, -0.05) is 29.8 Å². The molecule has 0 aromatic heterocycles. The number of hydrogen-bond donors (Lipinski definition) is 0. The molecule has 0 aliphatic rings. The van der Waals surface area contributed by atoms with Crippen molar-refractivity contribution in [1.29, 1.82) is 0 Å². The van der Waals surface area contributed by atoms with Crippen LogP contribution in [0.3, 0.4) is 0 Å². The van der Waals surface area contributed by atoms with Crippen molar-refractivity contribution in [2.75, 3.05) is 0 Å². The van der Waals surface area contributed by atoms with Crippen LogP contribution in [0.5, 0.6) is 0 Å². The van der Waals surface area contributed by atoms with E-state index < -0.39 is 4.59 Å². The zero-order chi connectivity index (χ0) is 5.21. The van der Waals surface area contributed by atoms with E-state index in [1.54, 1.807) is 0 Å². The summed E-state index contributed by atoms with van der Waals surface area (Å²) in [5.41, 5.74) is 0. The Bertz CT molecular complexity index is 54.3. The molecule has 0 aromatic carbocycles. The third-order valence-corrected chi connectivity index (χ3v) is 0.441. The molecule has 0 bridgehead atoms. The van der Waals surface area contributed by atoms with Gasteiger partial charge in [-0.25, -0.2) is 4.39 Å². The van der Waals surface area contributed by atoms with Crippen LogP contribution in [0.4, 0.5) is 4.39 Å². The van der Waals surface area contributed by atoms with Gasteiger partial charge in [0.2, 0.25) is 0 Å².